The molecule has 1 saturated heterocycles. The molecule has 7 nitrogen and oxygen atoms in total. The summed E-state index contributed by atoms with van der Waals surface area (Å²) >= 11 is 0. The Labute approximate surface area is 148 Å². The van der Waals surface area contributed by atoms with Crippen LogP contribution in [0.2, 0.25) is 0 Å². The predicted molar refractivity (Wildman–Crippen MR) is 94.4 cm³/mol. The first-order valence-corrected chi connectivity index (χ1v) is 8.93. The van der Waals surface area contributed by atoms with Crippen LogP contribution in [0.1, 0.15) is 53.7 Å². The number of hydrogen-bond acceptors (Lipinski definition) is 5. The predicted octanol–water partition coefficient (Wildman–Crippen LogP) is 2.42. The van der Waals surface area contributed by atoms with E-state index in [2.05, 4.69) is 35.2 Å². The fourth-order valence-corrected chi connectivity index (χ4v) is 3.28. The van der Waals surface area contributed by atoms with Gasteiger partial charge < -0.3 is 9.42 Å². The van der Waals surface area contributed by atoms with Crippen LogP contribution in [0.15, 0.2) is 16.9 Å². The van der Waals surface area contributed by atoms with E-state index < -0.39 is 0 Å². The normalized spacial score (nSPS) is 16.4. The first-order chi connectivity index (χ1) is 12.0. The van der Waals surface area contributed by atoms with Gasteiger partial charge in [-0.15, -0.1) is 0 Å². The highest BCUT2D eigenvalue weighted by Gasteiger charge is 2.25. The summed E-state index contributed by atoms with van der Waals surface area (Å²) in [6, 6.07) is 0.376. The molecule has 0 spiro atoms. The molecule has 136 valence electrons. The van der Waals surface area contributed by atoms with Crippen LogP contribution >= 0.6 is 0 Å². The Hall–Kier alpha value is -2.15. The molecule has 0 radical (unpaired) electrons. The molecule has 1 amide bonds. The molecule has 0 aromatic carbocycles. The maximum Gasteiger partial charge on any atom is 0.259 e. The largest absolute Gasteiger partial charge is 0.361 e. The molecule has 25 heavy (non-hydrogen) atoms. The van der Waals surface area contributed by atoms with Gasteiger partial charge in [-0.3, -0.25) is 14.4 Å². The van der Waals surface area contributed by atoms with Gasteiger partial charge in [-0.1, -0.05) is 5.16 Å². The highest BCUT2D eigenvalue weighted by molar-refractivity contribution is 5.96. The van der Waals surface area contributed by atoms with Crippen molar-refractivity contribution in [3.8, 4) is 0 Å². The minimum atomic E-state index is 0.0331. The van der Waals surface area contributed by atoms with Gasteiger partial charge in [0.2, 0.25) is 0 Å². The molecule has 0 unspecified atom stereocenters. The van der Waals surface area contributed by atoms with Gasteiger partial charge in [-0.2, -0.15) is 5.10 Å². The van der Waals surface area contributed by atoms with E-state index in [1.165, 1.54) is 5.56 Å². The van der Waals surface area contributed by atoms with Crippen molar-refractivity contribution in [1.82, 2.24) is 24.7 Å². The van der Waals surface area contributed by atoms with Crippen LogP contribution in [0.3, 0.4) is 0 Å². The van der Waals surface area contributed by atoms with Crippen molar-refractivity contribution in [2.75, 3.05) is 26.2 Å². The Balaban J connectivity index is 1.61. The molecular formula is C18H27N5O2. The Morgan fingerprint density at radius 3 is 2.68 bits per heavy atom. The fourth-order valence-electron chi connectivity index (χ4n) is 3.28. The van der Waals surface area contributed by atoms with Crippen molar-refractivity contribution >= 4 is 5.91 Å². The third-order valence-electron chi connectivity index (χ3n) is 4.71. The van der Waals surface area contributed by atoms with Gasteiger partial charge in [0.25, 0.3) is 5.91 Å². The fraction of sp³-hybridized carbons (Fsp3) is 0.611. The zero-order chi connectivity index (χ0) is 18.0. The lowest BCUT2D eigenvalue weighted by Crippen LogP contribution is -2.35. The standard InChI is InChI=1S/C18H27N5O2/c1-13(2)23-12-16(10-19-23)11-21-6-5-7-22(9-8-21)18(24)17-14(3)20-25-15(17)4/h10,12-13H,5-9,11H2,1-4H3. The molecule has 7 heteroatoms. The molecule has 3 rings (SSSR count). The lowest BCUT2D eigenvalue weighted by molar-refractivity contribution is 0.0758. The van der Waals surface area contributed by atoms with Crippen molar-refractivity contribution in [2.45, 2.75) is 46.7 Å². The van der Waals surface area contributed by atoms with Gasteiger partial charge in [0.15, 0.2) is 0 Å². The van der Waals surface area contributed by atoms with Gasteiger partial charge in [-0.25, -0.2) is 0 Å². The number of carbonyl (C=O) groups is 1. The van der Waals surface area contributed by atoms with Gasteiger partial charge in [0.05, 0.1) is 11.9 Å². The minimum Gasteiger partial charge on any atom is -0.361 e. The summed E-state index contributed by atoms with van der Waals surface area (Å²) in [5.41, 5.74) is 2.51. The van der Waals surface area contributed by atoms with Crippen LogP contribution in [-0.4, -0.2) is 56.8 Å². The van der Waals surface area contributed by atoms with Gasteiger partial charge in [0, 0.05) is 50.5 Å². The Morgan fingerprint density at radius 2 is 2.04 bits per heavy atom. The monoisotopic (exact) mass is 345 g/mol. The smallest absolute Gasteiger partial charge is 0.259 e. The Kier molecular flexibility index (Phi) is 5.22. The van der Waals surface area contributed by atoms with Crippen molar-refractivity contribution in [3.63, 3.8) is 0 Å². The highest BCUT2D eigenvalue weighted by atomic mass is 16.5. The molecule has 0 saturated carbocycles. The zero-order valence-electron chi connectivity index (χ0n) is 15.5. The molecule has 0 bridgehead atoms. The quantitative estimate of drug-likeness (QED) is 0.851. The number of rotatable bonds is 4. The van der Waals surface area contributed by atoms with E-state index in [1.54, 1.807) is 6.92 Å². The number of carbonyl (C=O) groups excluding carboxylic acids is 1. The molecule has 1 aliphatic rings. The van der Waals surface area contributed by atoms with E-state index in [9.17, 15) is 4.79 Å². The average molecular weight is 345 g/mol. The van der Waals surface area contributed by atoms with E-state index in [-0.39, 0.29) is 5.91 Å². The van der Waals surface area contributed by atoms with Crippen molar-refractivity contribution in [1.29, 1.82) is 0 Å². The second-order valence-electron chi connectivity index (χ2n) is 7.04. The van der Waals surface area contributed by atoms with Crippen LogP contribution in [0.4, 0.5) is 0 Å². The summed E-state index contributed by atoms with van der Waals surface area (Å²) in [5.74, 6) is 0.635. The summed E-state index contributed by atoms with van der Waals surface area (Å²) in [6.45, 7) is 12.1. The molecular weight excluding hydrogens is 318 g/mol. The van der Waals surface area contributed by atoms with E-state index >= 15 is 0 Å². The van der Waals surface area contributed by atoms with Crippen LogP contribution in [0, 0.1) is 13.8 Å². The van der Waals surface area contributed by atoms with E-state index in [0.717, 1.165) is 39.1 Å². The second kappa shape index (κ2) is 7.39. The first kappa shape index (κ1) is 17.7. The number of hydrogen-bond donors (Lipinski definition) is 0. The van der Waals surface area contributed by atoms with Crippen LogP contribution < -0.4 is 0 Å². The maximum absolute atomic E-state index is 12.8. The third kappa shape index (κ3) is 3.92. The summed E-state index contributed by atoms with van der Waals surface area (Å²) in [4.78, 5) is 17.1. The van der Waals surface area contributed by atoms with Crippen LogP contribution in [-0.2, 0) is 6.54 Å². The highest BCUT2D eigenvalue weighted by Crippen LogP contribution is 2.17. The van der Waals surface area contributed by atoms with E-state index in [0.29, 0.717) is 23.1 Å². The zero-order valence-corrected chi connectivity index (χ0v) is 15.5. The molecule has 2 aromatic heterocycles. The molecule has 2 aromatic rings. The Bertz CT molecular complexity index is 714. The lowest BCUT2D eigenvalue weighted by atomic mass is 10.1. The van der Waals surface area contributed by atoms with Gasteiger partial charge in [-0.05, 0) is 34.1 Å². The maximum atomic E-state index is 12.8. The van der Waals surface area contributed by atoms with Crippen molar-refractivity contribution < 1.29 is 9.32 Å². The van der Waals surface area contributed by atoms with Gasteiger partial charge >= 0.3 is 0 Å². The average Bonchev–Trinajstić information content (AvgIpc) is 3.08. The first-order valence-electron chi connectivity index (χ1n) is 8.93. The van der Waals surface area contributed by atoms with Crippen molar-refractivity contribution in [2.24, 2.45) is 0 Å². The second-order valence-corrected chi connectivity index (χ2v) is 7.04. The number of amides is 1. The lowest BCUT2D eigenvalue weighted by Gasteiger charge is -2.21. The summed E-state index contributed by atoms with van der Waals surface area (Å²) in [5, 5.41) is 8.31. The molecule has 1 fully saturated rings. The number of nitrogens with zero attached hydrogens (tertiary/aromatic N) is 5. The van der Waals surface area contributed by atoms with Crippen molar-refractivity contribution in [3.05, 3.63) is 35.0 Å². The molecule has 0 aliphatic carbocycles. The van der Waals surface area contributed by atoms with E-state index in [4.69, 9.17) is 4.52 Å². The SMILES string of the molecule is Cc1noc(C)c1C(=O)N1CCCN(Cc2cnn(C(C)C)c2)CC1. The Morgan fingerprint density at radius 1 is 1.24 bits per heavy atom. The number of aryl methyl sites for hydroxylation is 2. The van der Waals surface area contributed by atoms with Gasteiger partial charge in [0.1, 0.15) is 11.3 Å². The minimum absolute atomic E-state index is 0.0331. The molecule has 0 atom stereocenters. The van der Waals surface area contributed by atoms with Crippen LogP contribution in [0.25, 0.3) is 0 Å². The number of aromatic nitrogens is 3. The molecule has 0 N–H and O–H groups in total. The summed E-state index contributed by atoms with van der Waals surface area (Å²) in [6.07, 6.45) is 5.02. The third-order valence-corrected chi connectivity index (χ3v) is 4.71. The van der Waals surface area contributed by atoms with Crippen LogP contribution in [0.5, 0.6) is 0 Å². The molecule has 1 aliphatic heterocycles. The molecule has 3 heterocycles. The summed E-state index contributed by atoms with van der Waals surface area (Å²) < 4.78 is 7.13. The van der Waals surface area contributed by atoms with E-state index in [1.807, 2.05) is 22.7 Å². The topological polar surface area (TPSA) is 67.4 Å². The summed E-state index contributed by atoms with van der Waals surface area (Å²) in [7, 11) is 0.